The largest absolute Gasteiger partial charge is 0.318 e. The van der Waals surface area contributed by atoms with E-state index in [1.165, 1.54) is 0 Å². The van der Waals surface area contributed by atoms with Gasteiger partial charge < -0.3 is 4.90 Å². The first-order valence-electron chi connectivity index (χ1n) is 7.11. The van der Waals surface area contributed by atoms with Crippen LogP contribution >= 0.6 is 0 Å². The standard InChI is InChI=1S/C15H19N3O3/c1-9-4-5-10(6-11(9)18(20)21)14-16-8-13(19)17(14)12-7-15(12,2)3/h4-6,12,14,16H,7-8H2,1-3H3. The molecule has 1 heterocycles. The first-order valence-corrected chi connectivity index (χ1v) is 7.11. The van der Waals surface area contributed by atoms with Gasteiger partial charge in [-0.15, -0.1) is 0 Å². The van der Waals surface area contributed by atoms with Gasteiger partial charge in [0.15, 0.2) is 0 Å². The number of amides is 1. The van der Waals surface area contributed by atoms with Crippen LogP contribution in [-0.2, 0) is 4.79 Å². The van der Waals surface area contributed by atoms with Gasteiger partial charge in [0.25, 0.3) is 5.69 Å². The quantitative estimate of drug-likeness (QED) is 0.683. The van der Waals surface area contributed by atoms with Crippen LogP contribution in [0, 0.1) is 22.5 Å². The van der Waals surface area contributed by atoms with Gasteiger partial charge in [-0.2, -0.15) is 0 Å². The van der Waals surface area contributed by atoms with E-state index in [1.54, 1.807) is 19.1 Å². The van der Waals surface area contributed by atoms with Crippen molar-refractivity contribution in [2.45, 2.75) is 39.4 Å². The van der Waals surface area contributed by atoms with E-state index in [0.29, 0.717) is 12.1 Å². The predicted octanol–water partition coefficient (Wildman–Crippen LogP) is 2.13. The molecule has 112 valence electrons. The van der Waals surface area contributed by atoms with E-state index in [4.69, 9.17) is 0 Å². The van der Waals surface area contributed by atoms with Crippen LogP contribution in [0.25, 0.3) is 0 Å². The van der Waals surface area contributed by atoms with E-state index in [0.717, 1.165) is 12.0 Å². The molecule has 1 aliphatic heterocycles. The third-order valence-electron chi connectivity index (χ3n) is 4.56. The predicted molar refractivity (Wildman–Crippen MR) is 77.6 cm³/mol. The monoisotopic (exact) mass is 289 g/mol. The minimum atomic E-state index is -0.374. The first-order chi connectivity index (χ1) is 9.81. The first kappa shape index (κ1) is 14.0. The molecule has 1 amide bonds. The molecule has 1 aromatic carbocycles. The maximum atomic E-state index is 12.1. The number of nitrogens with zero attached hydrogens (tertiary/aromatic N) is 2. The van der Waals surface area contributed by atoms with Crippen molar-refractivity contribution in [1.82, 2.24) is 10.2 Å². The fourth-order valence-corrected chi connectivity index (χ4v) is 3.06. The van der Waals surface area contributed by atoms with Crippen molar-refractivity contribution < 1.29 is 9.72 Å². The maximum Gasteiger partial charge on any atom is 0.272 e. The molecule has 0 aromatic heterocycles. The lowest BCUT2D eigenvalue weighted by Crippen LogP contribution is -2.34. The summed E-state index contributed by atoms with van der Waals surface area (Å²) in [6.07, 6.45) is 0.716. The molecule has 2 atom stereocenters. The van der Waals surface area contributed by atoms with Gasteiger partial charge in [-0.25, -0.2) is 0 Å². The maximum absolute atomic E-state index is 12.1. The Kier molecular flexibility index (Phi) is 3.02. The molecule has 21 heavy (non-hydrogen) atoms. The van der Waals surface area contributed by atoms with Crippen LogP contribution in [-0.4, -0.2) is 28.3 Å². The summed E-state index contributed by atoms with van der Waals surface area (Å²) in [5.41, 5.74) is 1.65. The van der Waals surface area contributed by atoms with E-state index in [1.807, 2.05) is 11.0 Å². The molecule has 1 aliphatic carbocycles. The van der Waals surface area contributed by atoms with E-state index in [2.05, 4.69) is 19.2 Å². The van der Waals surface area contributed by atoms with E-state index in [-0.39, 0.29) is 34.1 Å². The molecule has 0 radical (unpaired) electrons. The van der Waals surface area contributed by atoms with Gasteiger partial charge in [0.1, 0.15) is 6.17 Å². The summed E-state index contributed by atoms with van der Waals surface area (Å²) in [7, 11) is 0. The normalized spacial score (nSPS) is 27.0. The van der Waals surface area contributed by atoms with Crippen LogP contribution in [0.2, 0.25) is 0 Å². The lowest BCUT2D eigenvalue weighted by Gasteiger charge is -2.26. The van der Waals surface area contributed by atoms with Gasteiger partial charge in [-0.05, 0) is 24.3 Å². The number of carbonyl (C=O) groups is 1. The van der Waals surface area contributed by atoms with Gasteiger partial charge in [0.05, 0.1) is 11.5 Å². The second-order valence-corrected chi connectivity index (χ2v) is 6.60. The Bertz CT molecular complexity index is 627. The Labute approximate surface area is 123 Å². The average Bonchev–Trinajstić information content (AvgIpc) is 2.85. The summed E-state index contributed by atoms with van der Waals surface area (Å²) >= 11 is 0. The molecular weight excluding hydrogens is 270 g/mol. The lowest BCUT2D eigenvalue weighted by molar-refractivity contribution is -0.385. The van der Waals surface area contributed by atoms with Gasteiger partial charge in [-0.3, -0.25) is 20.2 Å². The van der Waals surface area contributed by atoms with Gasteiger partial charge in [0.2, 0.25) is 5.91 Å². The zero-order valence-electron chi connectivity index (χ0n) is 12.4. The summed E-state index contributed by atoms with van der Waals surface area (Å²) in [6.45, 7) is 6.28. The summed E-state index contributed by atoms with van der Waals surface area (Å²) in [5, 5.41) is 14.3. The fourth-order valence-electron chi connectivity index (χ4n) is 3.06. The van der Waals surface area contributed by atoms with Crippen molar-refractivity contribution in [2.24, 2.45) is 5.41 Å². The van der Waals surface area contributed by atoms with Crippen LogP contribution in [0.15, 0.2) is 18.2 Å². The number of nitrogens with one attached hydrogen (secondary N) is 1. The van der Waals surface area contributed by atoms with Crippen molar-refractivity contribution in [3.8, 4) is 0 Å². The Morgan fingerprint density at radius 2 is 2.10 bits per heavy atom. The number of benzene rings is 1. The van der Waals surface area contributed by atoms with Crippen molar-refractivity contribution >= 4 is 11.6 Å². The van der Waals surface area contributed by atoms with Crippen molar-refractivity contribution in [1.29, 1.82) is 0 Å². The van der Waals surface area contributed by atoms with Gasteiger partial charge in [0, 0.05) is 17.7 Å². The second-order valence-electron chi connectivity index (χ2n) is 6.60. The molecule has 6 heteroatoms. The second kappa shape index (κ2) is 4.53. The average molecular weight is 289 g/mol. The Morgan fingerprint density at radius 1 is 1.43 bits per heavy atom. The van der Waals surface area contributed by atoms with Gasteiger partial charge >= 0.3 is 0 Å². The Hall–Kier alpha value is -1.95. The van der Waals surface area contributed by atoms with E-state index >= 15 is 0 Å². The van der Waals surface area contributed by atoms with Crippen LogP contribution in [0.3, 0.4) is 0 Å². The molecule has 1 saturated carbocycles. The zero-order chi connectivity index (χ0) is 15.4. The zero-order valence-corrected chi connectivity index (χ0v) is 12.4. The number of nitro groups is 1. The molecule has 1 aromatic rings. The number of rotatable bonds is 3. The fraction of sp³-hybridized carbons (Fsp3) is 0.533. The van der Waals surface area contributed by atoms with Crippen LogP contribution < -0.4 is 5.32 Å². The molecule has 3 rings (SSSR count). The number of carbonyl (C=O) groups excluding carboxylic acids is 1. The topological polar surface area (TPSA) is 75.5 Å². The number of hydrogen-bond acceptors (Lipinski definition) is 4. The van der Waals surface area contributed by atoms with E-state index < -0.39 is 0 Å². The third-order valence-corrected chi connectivity index (χ3v) is 4.56. The van der Waals surface area contributed by atoms with Crippen LogP contribution in [0.1, 0.15) is 37.6 Å². The molecular formula is C15H19N3O3. The summed E-state index contributed by atoms with van der Waals surface area (Å²) in [5.74, 6) is 0.0683. The van der Waals surface area contributed by atoms with Crippen LogP contribution in [0.4, 0.5) is 5.69 Å². The molecule has 2 aliphatic rings. The van der Waals surface area contributed by atoms with Gasteiger partial charge in [-0.1, -0.05) is 26.0 Å². The van der Waals surface area contributed by atoms with Crippen LogP contribution in [0.5, 0.6) is 0 Å². The SMILES string of the molecule is Cc1ccc(C2NCC(=O)N2C2CC2(C)C)cc1[N+](=O)[O-]. The highest BCUT2D eigenvalue weighted by molar-refractivity contribution is 5.82. The summed E-state index contributed by atoms with van der Waals surface area (Å²) in [6, 6.07) is 5.40. The summed E-state index contributed by atoms with van der Waals surface area (Å²) in [4.78, 5) is 24.7. The summed E-state index contributed by atoms with van der Waals surface area (Å²) < 4.78 is 0. The third kappa shape index (κ3) is 2.29. The van der Waals surface area contributed by atoms with E-state index in [9.17, 15) is 14.9 Å². The highest BCUT2D eigenvalue weighted by Gasteiger charge is 2.54. The molecule has 6 nitrogen and oxygen atoms in total. The highest BCUT2D eigenvalue weighted by atomic mass is 16.6. The minimum absolute atomic E-state index is 0.0683. The molecule has 2 fully saturated rings. The Balaban J connectivity index is 1.94. The number of nitro benzene ring substituents is 1. The molecule has 0 spiro atoms. The Morgan fingerprint density at radius 3 is 2.67 bits per heavy atom. The van der Waals surface area contributed by atoms with Crippen molar-refractivity contribution in [3.05, 3.63) is 39.4 Å². The smallest absolute Gasteiger partial charge is 0.272 e. The number of hydrogen-bond donors (Lipinski definition) is 1. The minimum Gasteiger partial charge on any atom is -0.318 e. The lowest BCUT2D eigenvalue weighted by atomic mass is 10.1. The highest BCUT2D eigenvalue weighted by Crippen LogP contribution is 2.51. The molecule has 1 N–H and O–H groups in total. The molecule has 1 saturated heterocycles. The molecule has 0 bridgehead atoms. The number of aryl methyl sites for hydroxylation is 1. The van der Waals surface area contributed by atoms with Crippen molar-refractivity contribution in [2.75, 3.05) is 6.54 Å². The molecule has 2 unspecified atom stereocenters. The van der Waals surface area contributed by atoms with Crippen molar-refractivity contribution in [3.63, 3.8) is 0 Å².